The van der Waals surface area contributed by atoms with Crippen LogP contribution >= 0.6 is 11.8 Å². The molecule has 0 aliphatic carbocycles. The van der Waals surface area contributed by atoms with Crippen LogP contribution in [0.2, 0.25) is 0 Å². The maximum absolute atomic E-state index is 11.9. The average molecular weight is 316 g/mol. The highest BCUT2D eigenvalue weighted by Crippen LogP contribution is 2.21. The van der Waals surface area contributed by atoms with Gasteiger partial charge in [-0.2, -0.15) is 0 Å². The molecule has 0 aromatic heterocycles. The molecule has 0 aliphatic heterocycles. The third-order valence-electron chi connectivity index (χ3n) is 3.21. The van der Waals surface area contributed by atoms with Gasteiger partial charge in [-0.25, -0.2) is 0 Å². The van der Waals surface area contributed by atoms with Gasteiger partial charge in [-0.05, 0) is 49.2 Å². The first-order chi connectivity index (χ1) is 10.5. The van der Waals surface area contributed by atoms with Crippen LogP contribution in [-0.4, -0.2) is 16.6 Å². The Balaban J connectivity index is 1.89. The first kappa shape index (κ1) is 16.0. The molecule has 2 aromatic rings. The molecular formula is C16H16N2O3S. The van der Waals surface area contributed by atoms with E-state index in [1.165, 1.54) is 47.2 Å². The fourth-order valence-corrected chi connectivity index (χ4v) is 2.61. The van der Waals surface area contributed by atoms with Crippen LogP contribution in [0.25, 0.3) is 0 Å². The van der Waals surface area contributed by atoms with Crippen LogP contribution in [0.1, 0.15) is 11.1 Å². The molecule has 114 valence electrons. The van der Waals surface area contributed by atoms with E-state index in [4.69, 9.17) is 0 Å². The molecule has 0 radical (unpaired) electrons. The van der Waals surface area contributed by atoms with Crippen LogP contribution in [0, 0.1) is 24.0 Å². The lowest BCUT2D eigenvalue weighted by atomic mass is 10.1. The fourth-order valence-electron chi connectivity index (χ4n) is 1.82. The van der Waals surface area contributed by atoms with E-state index in [0.717, 1.165) is 4.90 Å². The minimum atomic E-state index is -0.471. The number of nitrogens with one attached hydrogen (secondary N) is 1. The number of rotatable bonds is 5. The fraction of sp³-hybridized carbons (Fsp3) is 0.188. The first-order valence-corrected chi connectivity index (χ1v) is 7.68. The number of carbonyl (C=O) groups excluding carboxylic acids is 1. The van der Waals surface area contributed by atoms with Crippen molar-refractivity contribution in [2.75, 3.05) is 11.1 Å². The van der Waals surface area contributed by atoms with Crippen LogP contribution in [0.4, 0.5) is 11.4 Å². The van der Waals surface area contributed by atoms with Gasteiger partial charge in [0.25, 0.3) is 5.69 Å². The van der Waals surface area contributed by atoms with E-state index in [9.17, 15) is 14.9 Å². The Morgan fingerprint density at radius 1 is 1.14 bits per heavy atom. The number of nitro benzene ring substituents is 1. The molecule has 0 saturated carbocycles. The third kappa shape index (κ3) is 4.33. The van der Waals surface area contributed by atoms with E-state index in [-0.39, 0.29) is 11.6 Å². The maximum Gasteiger partial charge on any atom is 0.269 e. The molecule has 2 rings (SSSR count). The maximum atomic E-state index is 11.9. The standard InChI is InChI=1S/C16H16N2O3S/c1-11-3-8-15(9-12(11)2)22-10-16(19)17-13-4-6-14(7-5-13)18(20)21/h3-9H,10H2,1-2H3,(H,17,19). The number of carbonyl (C=O) groups is 1. The molecule has 0 spiro atoms. The highest BCUT2D eigenvalue weighted by molar-refractivity contribution is 8.00. The van der Waals surface area contributed by atoms with Crippen molar-refractivity contribution in [1.82, 2.24) is 0 Å². The monoisotopic (exact) mass is 316 g/mol. The molecule has 0 heterocycles. The molecule has 1 N–H and O–H groups in total. The lowest BCUT2D eigenvalue weighted by molar-refractivity contribution is -0.384. The number of thioether (sulfide) groups is 1. The van der Waals surface area contributed by atoms with Crippen molar-refractivity contribution in [3.63, 3.8) is 0 Å². The lowest BCUT2D eigenvalue weighted by Gasteiger charge is -2.06. The van der Waals surface area contributed by atoms with Crippen molar-refractivity contribution < 1.29 is 9.72 Å². The van der Waals surface area contributed by atoms with Gasteiger partial charge < -0.3 is 5.32 Å². The molecule has 0 saturated heterocycles. The largest absolute Gasteiger partial charge is 0.325 e. The van der Waals surface area contributed by atoms with Gasteiger partial charge in [-0.1, -0.05) is 6.07 Å². The summed E-state index contributed by atoms with van der Waals surface area (Å²) in [5.41, 5.74) is 2.97. The molecule has 0 unspecified atom stereocenters. The quantitative estimate of drug-likeness (QED) is 0.515. The van der Waals surface area contributed by atoms with Crippen LogP contribution in [0.15, 0.2) is 47.4 Å². The highest BCUT2D eigenvalue weighted by atomic mass is 32.2. The molecule has 0 fully saturated rings. The number of non-ortho nitro benzene ring substituents is 1. The summed E-state index contributed by atoms with van der Waals surface area (Å²) in [4.78, 5) is 23.0. The van der Waals surface area contributed by atoms with Crippen LogP contribution in [0.3, 0.4) is 0 Å². The minimum absolute atomic E-state index is 0.00232. The summed E-state index contributed by atoms with van der Waals surface area (Å²) in [5, 5.41) is 13.3. The second-order valence-electron chi connectivity index (χ2n) is 4.89. The number of hydrogen-bond acceptors (Lipinski definition) is 4. The summed E-state index contributed by atoms with van der Waals surface area (Å²) in [5.74, 6) is 0.150. The molecule has 0 aliphatic rings. The van der Waals surface area contributed by atoms with Crippen molar-refractivity contribution >= 4 is 29.0 Å². The Morgan fingerprint density at radius 2 is 1.82 bits per heavy atom. The van der Waals surface area contributed by atoms with E-state index in [2.05, 4.69) is 11.4 Å². The van der Waals surface area contributed by atoms with Gasteiger partial charge in [0.05, 0.1) is 10.7 Å². The zero-order valence-electron chi connectivity index (χ0n) is 12.3. The molecule has 0 bridgehead atoms. The smallest absolute Gasteiger partial charge is 0.269 e. The number of amides is 1. The first-order valence-electron chi connectivity index (χ1n) is 6.70. The normalized spacial score (nSPS) is 10.3. The van der Waals surface area contributed by atoms with E-state index < -0.39 is 4.92 Å². The van der Waals surface area contributed by atoms with Crippen molar-refractivity contribution in [3.05, 3.63) is 63.7 Å². The molecule has 6 heteroatoms. The Bertz CT molecular complexity index is 699. The van der Waals surface area contributed by atoms with E-state index >= 15 is 0 Å². The second-order valence-corrected chi connectivity index (χ2v) is 5.94. The topological polar surface area (TPSA) is 72.2 Å². The lowest BCUT2D eigenvalue weighted by Crippen LogP contribution is -2.13. The Labute approximate surface area is 132 Å². The number of nitrogens with zero attached hydrogens (tertiary/aromatic N) is 1. The van der Waals surface area contributed by atoms with Gasteiger partial charge in [0, 0.05) is 22.7 Å². The van der Waals surface area contributed by atoms with E-state index in [0.29, 0.717) is 11.4 Å². The third-order valence-corrected chi connectivity index (χ3v) is 4.20. The van der Waals surface area contributed by atoms with Gasteiger partial charge in [0.2, 0.25) is 5.91 Å². The summed E-state index contributed by atoms with van der Waals surface area (Å²) in [6.45, 7) is 4.08. The zero-order valence-corrected chi connectivity index (χ0v) is 13.1. The van der Waals surface area contributed by atoms with E-state index in [1.54, 1.807) is 0 Å². The Morgan fingerprint density at radius 3 is 2.41 bits per heavy atom. The zero-order chi connectivity index (χ0) is 16.1. The van der Waals surface area contributed by atoms with Crippen molar-refractivity contribution in [1.29, 1.82) is 0 Å². The SMILES string of the molecule is Cc1ccc(SCC(=O)Nc2ccc([N+](=O)[O-])cc2)cc1C. The molecule has 22 heavy (non-hydrogen) atoms. The molecule has 0 atom stereocenters. The average Bonchev–Trinajstić information content (AvgIpc) is 2.49. The van der Waals surface area contributed by atoms with Gasteiger partial charge in [0.15, 0.2) is 0 Å². The van der Waals surface area contributed by atoms with Gasteiger partial charge in [0.1, 0.15) is 0 Å². The van der Waals surface area contributed by atoms with Crippen LogP contribution in [-0.2, 0) is 4.79 Å². The number of nitro groups is 1. The number of anilines is 1. The van der Waals surface area contributed by atoms with Crippen LogP contribution in [0.5, 0.6) is 0 Å². The van der Waals surface area contributed by atoms with Gasteiger partial charge in [-0.15, -0.1) is 11.8 Å². The molecule has 1 amide bonds. The predicted octanol–water partition coefficient (Wildman–Crippen LogP) is 3.94. The Hall–Kier alpha value is -2.34. The second kappa shape index (κ2) is 7.09. The summed E-state index contributed by atoms with van der Waals surface area (Å²) in [7, 11) is 0. The summed E-state index contributed by atoms with van der Waals surface area (Å²) >= 11 is 1.46. The summed E-state index contributed by atoms with van der Waals surface area (Å²) in [6, 6.07) is 11.9. The molecular weight excluding hydrogens is 300 g/mol. The van der Waals surface area contributed by atoms with Crippen molar-refractivity contribution in [3.8, 4) is 0 Å². The number of hydrogen-bond donors (Lipinski definition) is 1. The number of benzene rings is 2. The highest BCUT2D eigenvalue weighted by Gasteiger charge is 2.07. The predicted molar refractivity (Wildman–Crippen MR) is 88.4 cm³/mol. The van der Waals surface area contributed by atoms with Crippen LogP contribution < -0.4 is 5.32 Å². The van der Waals surface area contributed by atoms with E-state index in [1.807, 2.05) is 26.0 Å². The molecule has 2 aromatic carbocycles. The van der Waals surface area contributed by atoms with Gasteiger partial charge in [-0.3, -0.25) is 14.9 Å². The molecule has 5 nitrogen and oxygen atoms in total. The Kier molecular flexibility index (Phi) is 5.16. The summed E-state index contributed by atoms with van der Waals surface area (Å²) < 4.78 is 0. The van der Waals surface area contributed by atoms with Gasteiger partial charge >= 0.3 is 0 Å². The summed E-state index contributed by atoms with van der Waals surface area (Å²) in [6.07, 6.45) is 0. The number of aryl methyl sites for hydroxylation is 2. The van der Waals surface area contributed by atoms with Crippen molar-refractivity contribution in [2.24, 2.45) is 0 Å². The van der Waals surface area contributed by atoms with Crippen molar-refractivity contribution in [2.45, 2.75) is 18.7 Å². The minimum Gasteiger partial charge on any atom is -0.325 e.